The molecule has 0 saturated carbocycles. The lowest BCUT2D eigenvalue weighted by atomic mass is 10.1. The lowest BCUT2D eigenvalue weighted by Crippen LogP contribution is -2.52. The summed E-state index contributed by atoms with van der Waals surface area (Å²) in [5.74, 6) is -0.240. The summed E-state index contributed by atoms with van der Waals surface area (Å²) in [6.07, 6.45) is -4.40. The molecule has 1 saturated heterocycles. The van der Waals surface area contributed by atoms with Gasteiger partial charge in [0.1, 0.15) is 0 Å². The van der Waals surface area contributed by atoms with Crippen LogP contribution >= 0.6 is 0 Å². The van der Waals surface area contributed by atoms with E-state index in [9.17, 15) is 18.0 Å². The van der Waals surface area contributed by atoms with Crippen LogP contribution in [0.15, 0.2) is 48.5 Å². The number of nitriles is 1. The molecule has 3 rings (SSSR count). The van der Waals surface area contributed by atoms with E-state index in [4.69, 9.17) is 5.26 Å². The zero-order valence-electron chi connectivity index (χ0n) is 16.6. The Morgan fingerprint density at radius 1 is 1.07 bits per heavy atom. The van der Waals surface area contributed by atoms with Crippen LogP contribution in [0.3, 0.4) is 0 Å². The molecule has 2 aromatic carbocycles. The average molecular weight is 416 g/mol. The topological polar surface area (TPSA) is 59.4 Å². The molecular formula is C22H23F3N4O. The lowest BCUT2D eigenvalue weighted by molar-refractivity contribution is -0.137. The third kappa shape index (κ3) is 5.59. The molecule has 1 unspecified atom stereocenters. The third-order valence-electron chi connectivity index (χ3n) is 5.30. The molecule has 1 aliphatic rings. The van der Waals surface area contributed by atoms with Gasteiger partial charge in [0.15, 0.2) is 0 Å². The predicted molar refractivity (Wildman–Crippen MR) is 108 cm³/mol. The van der Waals surface area contributed by atoms with Gasteiger partial charge in [-0.15, -0.1) is 0 Å². The highest BCUT2D eigenvalue weighted by atomic mass is 19.4. The minimum absolute atomic E-state index is 0.240. The van der Waals surface area contributed by atoms with Crippen molar-refractivity contribution >= 4 is 11.6 Å². The van der Waals surface area contributed by atoms with Crippen LogP contribution in [0.4, 0.5) is 18.9 Å². The number of rotatable bonds is 5. The zero-order chi connectivity index (χ0) is 21.7. The van der Waals surface area contributed by atoms with Crippen molar-refractivity contribution in [1.82, 2.24) is 9.80 Å². The van der Waals surface area contributed by atoms with E-state index in [0.717, 1.165) is 50.4 Å². The number of piperazine rings is 1. The Kier molecular flexibility index (Phi) is 6.75. The Morgan fingerprint density at radius 2 is 1.67 bits per heavy atom. The Bertz CT molecular complexity index is 896. The molecule has 1 heterocycles. The summed E-state index contributed by atoms with van der Waals surface area (Å²) in [7, 11) is 0. The number of carbonyl (C=O) groups excluding carboxylic acids is 1. The van der Waals surface area contributed by atoms with E-state index in [-0.39, 0.29) is 11.9 Å². The molecule has 1 atom stereocenters. The Hall–Kier alpha value is -2.89. The van der Waals surface area contributed by atoms with Gasteiger partial charge in [-0.3, -0.25) is 14.6 Å². The quantitative estimate of drug-likeness (QED) is 0.807. The van der Waals surface area contributed by atoms with Crippen LogP contribution in [0.2, 0.25) is 0 Å². The van der Waals surface area contributed by atoms with Crippen molar-refractivity contribution in [1.29, 1.82) is 5.26 Å². The SMILES string of the molecule is CC(C(=O)Nc1ccc(C(F)(F)F)cc1)N1CCN(Cc2ccc(C#N)cc2)CC1. The van der Waals surface area contributed by atoms with Crippen molar-refractivity contribution in [3.05, 3.63) is 65.2 Å². The molecule has 0 aromatic heterocycles. The van der Waals surface area contributed by atoms with Gasteiger partial charge < -0.3 is 5.32 Å². The van der Waals surface area contributed by atoms with Crippen molar-refractivity contribution in [3.8, 4) is 6.07 Å². The number of amides is 1. The number of halogens is 3. The fourth-order valence-corrected chi connectivity index (χ4v) is 3.41. The van der Waals surface area contributed by atoms with Crippen LogP contribution in [0.1, 0.15) is 23.6 Å². The highest BCUT2D eigenvalue weighted by molar-refractivity contribution is 5.94. The first-order valence-electron chi connectivity index (χ1n) is 9.70. The van der Waals surface area contributed by atoms with Crippen LogP contribution in [-0.4, -0.2) is 47.9 Å². The molecule has 1 fully saturated rings. The van der Waals surface area contributed by atoms with Crippen molar-refractivity contribution in [2.75, 3.05) is 31.5 Å². The number of hydrogen-bond acceptors (Lipinski definition) is 4. The van der Waals surface area contributed by atoms with Gasteiger partial charge >= 0.3 is 6.18 Å². The second-order valence-corrected chi connectivity index (χ2v) is 7.36. The normalized spacial score (nSPS) is 16.6. The van der Waals surface area contributed by atoms with Gasteiger partial charge in [0.05, 0.1) is 23.2 Å². The van der Waals surface area contributed by atoms with E-state index in [2.05, 4.69) is 21.2 Å². The summed E-state index contributed by atoms with van der Waals surface area (Å²) in [6, 6.07) is 13.7. The number of alkyl halides is 3. The predicted octanol–water partition coefficient (Wildman–Crippen LogP) is 3.72. The molecular weight excluding hydrogens is 393 g/mol. The van der Waals surface area contributed by atoms with Gasteiger partial charge in [-0.25, -0.2) is 0 Å². The van der Waals surface area contributed by atoms with Gasteiger partial charge in [0, 0.05) is 38.4 Å². The van der Waals surface area contributed by atoms with Gasteiger partial charge in [-0.2, -0.15) is 18.4 Å². The Labute approximate surface area is 173 Å². The minimum atomic E-state index is -4.40. The molecule has 1 N–H and O–H groups in total. The summed E-state index contributed by atoms with van der Waals surface area (Å²) in [6.45, 7) is 5.63. The molecule has 1 aliphatic heterocycles. The van der Waals surface area contributed by atoms with Crippen LogP contribution in [0.5, 0.6) is 0 Å². The smallest absolute Gasteiger partial charge is 0.325 e. The van der Waals surface area contributed by atoms with E-state index in [1.807, 2.05) is 12.1 Å². The number of benzene rings is 2. The first kappa shape index (κ1) is 21.8. The molecule has 158 valence electrons. The number of carbonyl (C=O) groups is 1. The first-order valence-corrected chi connectivity index (χ1v) is 9.70. The summed E-state index contributed by atoms with van der Waals surface area (Å²) in [5.41, 5.74) is 1.37. The molecule has 2 aromatic rings. The number of anilines is 1. The molecule has 0 aliphatic carbocycles. The molecule has 0 radical (unpaired) electrons. The lowest BCUT2D eigenvalue weighted by Gasteiger charge is -2.37. The monoisotopic (exact) mass is 416 g/mol. The van der Waals surface area contributed by atoms with Gasteiger partial charge in [-0.1, -0.05) is 12.1 Å². The standard InChI is InChI=1S/C22H23F3N4O/c1-16(21(30)27-20-8-6-19(7-9-20)22(23,24)25)29-12-10-28(11-13-29)15-18-4-2-17(14-26)3-5-18/h2-9,16H,10-13,15H2,1H3,(H,27,30). The van der Waals surface area contributed by atoms with Crippen molar-refractivity contribution < 1.29 is 18.0 Å². The third-order valence-corrected chi connectivity index (χ3v) is 5.30. The number of nitrogens with zero attached hydrogens (tertiary/aromatic N) is 3. The van der Waals surface area contributed by atoms with Crippen molar-refractivity contribution in [2.24, 2.45) is 0 Å². The van der Waals surface area contributed by atoms with E-state index in [0.29, 0.717) is 11.3 Å². The zero-order valence-corrected chi connectivity index (χ0v) is 16.6. The van der Waals surface area contributed by atoms with Crippen LogP contribution in [0.25, 0.3) is 0 Å². The van der Waals surface area contributed by atoms with E-state index in [1.165, 1.54) is 12.1 Å². The highest BCUT2D eigenvalue weighted by Gasteiger charge is 2.30. The molecule has 8 heteroatoms. The molecule has 0 spiro atoms. The number of nitrogens with one attached hydrogen (secondary N) is 1. The molecule has 1 amide bonds. The van der Waals surface area contributed by atoms with Crippen LogP contribution in [-0.2, 0) is 17.5 Å². The van der Waals surface area contributed by atoms with Crippen LogP contribution < -0.4 is 5.32 Å². The second-order valence-electron chi connectivity index (χ2n) is 7.36. The van der Waals surface area contributed by atoms with Gasteiger partial charge in [0.25, 0.3) is 0 Å². The largest absolute Gasteiger partial charge is 0.416 e. The Morgan fingerprint density at radius 3 is 2.20 bits per heavy atom. The second kappa shape index (κ2) is 9.28. The average Bonchev–Trinajstić information content (AvgIpc) is 2.74. The maximum atomic E-state index is 12.6. The van der Waals surface area contributed by atoms with Crippen molar-refractivity contribution in [3.63, 3.8) is 0 Å². The number of hydrogen-bond donors (Lipinski definition) is 1. The minimum Gasteiger partial charge on any atom is -0.325 e. The summed E-state index contributed by atoms with van der Waals surface area (Å²) in [5, 5.41) is 11.6. The highest BCUT2D eigenvalue weighted by Crippen LogP contribution is 2.29. The maximum Gasteiger partial charge on any atom is 0.416 e. The van der Waals surface area contributed by atoms with Gasteiger partial charge in [0.2, 0.25) is 5.91 Å². The van der Waals surface area contributed by atoms with E-state index in [1.54, 1.807) is 19.1 Å². The van der Waals surface area contributed by atoms with Crippen LogP contribution in [0, 0.1) is 11.3 Å². The molecule has 5 nitrogen and oxygen atoms in total. The first-order chi connectivity index (χ1) is 14.3. The fourth-order valence-electron chi connectivity index (χ4n) is 3.41. The van der Waals surface area contributed by atoms with E-state index < -0.39 is 11.7 Å². The van der Waals surface area contributed by atoms with Crippen molar-refractivity contribution in [2.45, 2.75) is 25.7 Å². The maximum absolute atomic E-state index is 12.6. The summed E-state index contributed by atoms with van der Waals surface area (Å²) in [4.78, 5) is 16.9. The molecule has 30 heavy (non-hydrogen) atoms. The Balaban J connectivity index is 1.48. The van der Waals surface area contributed by atoms with E-state index >= 15 is 0 Å². The van der Waals surface area contributed by atoms with Gasteiger partial charge in [-0.05, 0) is 48.9 Å². The molecule has 0 bridgehead atoms. The summed E-state index contributed by atoms with van der Waals surface area (Å²) >= 11 is 0. The fraction of sp³-hybridized carbons (Fsp3) is 0.364. The summed E-state index contributed by atoms with van der Waals surface area (Å²) < 4.78 is 37.9.